The topological polar surface area (TPSA) is 58.6 Å². The number of amides is 2. The van der Waals surface area contributed by atoms with E-state index in [9.17, 15) is 9.59 Å². The van der Waals surface area contributed by atoms with Gasteiger partial charge in [0.05, 0.1) is 5.02 Å². The zero-order chi connectivity index (χ0) is 20.8. The van der Waals surface area contributed by atoms with E-state index in [1.165, 1.54) is 12.8 Å². The molecule has 0 aromatic heterocycles. The van der Waals surface area contributed by atoms with E-state index in [1.54, 1.807) is 49.4 Å². The summed E-state index contributed by atoms with van der Waals surface area (Å²) in [5.41, 5.74) is 1.22. The van der Waals surface area contributed by atoms with E-state index in [2.05, 4.69) is 5.32 Å². The van der Waals surface area contributed by atoms with Crippen LogP contribution in [0, 0.1) is 0 Å². The van der Waals surface area contributed by atoms with Gasteiger partial charge >= 0.3 is 0 Å². The zero-order valence-corrected chi connectivity index (χ0v) is 17.8. The van der Waals surface area contributed by atoms with Crippen molar-refractivity contribution in [1.29, 1.82) is 0 Å². The molecule has 7 heteroatoms. The van der Waals surface area contributed by atoms with Gasteiger partial charge in [0.1, 0.15) is 5.75 Å². The summed E-state index contributed by atoms with van der Waals surface area (Å²) < 4.78 is 5.62. The Bertz CT molecular complexity index is 863. The van der Waals surface area contributed by atoms with Crippen LogP contribution in [0.2, 0.25) is 10.0 Å². The Kier molecular flexibility index (Phi) is 7.40. The number of nitrogens with one attached hydrogen (secondary N) is 1. The average Bonchev–Trinajstić information content (AvgIpc) is 2.99. The molecule has 2 amide bonds. The molecule has 1 atom stereocenters. The molecule has 5 nitrogen and oxygen atoms in total. The molecular formula is C22H24Cl2N2O3. The first-order valence-corrected chi connectivity index (χ1v) is 10.5. The summed E-state index contributed by atoms with van der Waals surface area (Å²) in [6.07, 6.45) is 3.70. The van der Waals surface area contributed by atoms with Gasteiger partial charge in [-0.15, -0.1) is 0 Å². The molecule has 0 spiro atoms. The maximum Gasteiger partial charge on any atom is 0.265 e. The van der Waals surface area contributed by atoms with Gasteiger partial charge in [0.15, 0.2) is 6.10 Å². The van der Waals surface area contributed by atoms with Gasteiger partial charge in [-0.2, -0.15) is 0 Å². The van der Waals surface area contributed by atoms with Crippen molar-refractivity contribution in [1.82, 2.24) is 4.90 Å². The molecule has 1 aliphatic rings. The number of likely N-dealkylation sites (tertiary alicyclic amines) is 1. The fourth-order valence-corrected chi connectivity index (χ4v) is 3.66. The lowest BCUT2D eigenvalue weighted by molar-refractivity contribution is -0.122. The summed E-state index contributed by atoms with van der Waals surface area (Å²) in [5.74, 6) is 0.110. The molecule has 29 heavy (non-hydrogen) atoms. The van der Waals surface area contributed by atoms with Crippen molar-refractivity contribution in [2.24, 2.45) is 0 Å². The minimum Gasteiger partial charge on any atom is -0.479 e. The van der Waals surface area contributed by atoms with Crippen molar-refractivity contribution >= 4 is 40.7 Å². The van der Waals surface area contributed by atoms with E-state index >= 15 is 0 Å². The van der Waals surface area contributed by atoms with Crippen LogP contribution >= 0.6 is 23.2 Å². The molecule has 0 aliphatic carbocycles. The number of anilines is 1. The maximum absolute atomic E-state index is 12.6. The monoisotopic (exact) mass is 434 g/mol. The Hall–Kier alpha value is -2.24. The van der Waals surface area contributed by atoms with Gasteiger partial charge in [-0.3, -0.25) is 9.59 Å². The van der Waals surface area contributed by atoms with E-state index in [-0.39, 0.29) is 11.8 Å². The van der Waals surface area contributed by atoms with Crippen molar-refractivity contribution in [3.8, 4) is 5.75 Å². The van der Waals surface area contributed by atoms with Gasteiger partial charge in [0.2, 0.25) is 0 Å². The third-order valence-corrected chi connectivity index (χ3v) is 5.39. The Labute approximate surface area is 180 Å². The number of benzene rings is 2. The number of hydrogen-bond donors (Lipinski definition) is 1. The summed E-state index contributed by atoms with van der Waals surface area (Å²) in [5, 5.41) is 3.63. The molecular weight excluding hydrogens is 411 g/mol. The second-order valence-corrected chi connectivity index (χ2v) is 7.95. The second kappa shape index (κ2) is 9.99. The first-order valence-electron chi connectivity index (χ1n) is 9.76. The highest BCUT2D eigenvalue weighted by molar-refractivity contribution is 6.35. The molecule has 1 fully saturated rings. The zero-order valence-electron chi connectivity index (χ0n) is 16.3. The smallest absolute Gasteiger partial charge is 0.265 e. The van der Waals surface area contributed by atoms with E-state index in [0.29, 0.717) is 27.0 Å². The van der Waals surface area contributed by atoms with E-state index in [4.69, 9.17) is 27.9 Å². The molecule has 1 unspecified atom stereocenters. The quantitative estimate of drug-likeness (QED) is 0.683. The third kappa shape index (κ3) is 5.87. The third-order valence-electron chi connectivity index (χ3n) is 4.86. The van der Waals surface area contributed by atoms with Crippen LogP contribution in [0.3, 0.4) is 0 Å². The molecule has 0 bridgehead atoms. The lowest BCUT2D eigenvalue weighted by atomic mass is 10.1. The first-order chi connectivity index (χ1) is 13.9. The summed E-state index contributed by atoms with van der Waals surface area (Å²) >= 11 is 12.0. The van der Waals surface area contributed by atoms with Crippen LogP contribution in [-0.4, -0.2) is 35.9 Å². The minimum absolute atomic E-state index is 0.0406. The van der Waals surface area contributed by atoms with Crippen LogP contribution < -0.4 is 10.1 Å². The van der Waals surface area contributed by atoms with Crippen LogP contribution in [0.1, 0.15) is 43.0 Å². The first kappa shape index (κ1) is 21.5. The Morgan fingerprint density at radius 3 is 2.28 bits per heavy atom. The van der Waals surface area contributed by atoms with E-state index in [0.717, 1.165) is 25.9 Å². The largest absolute Gasteiger partial charge is 0.479 e. The van der Waals surface area contributed by atoms with Gasteiger partial charge in [-0.05, 0) is 62.2 Å². The van der Waals surface area contributed by atoms with E-state index < -0.39 is 6.10 Å². The average molecular weight is 435 g/mol. The lowest BCUT2D eigenvalue weighted by Gasteiger charge is -2.20. The molecule has 1 heterocycles. The molecule has 154 valence electrons. The summed E-state index contributed by atoms with van der Waals surface area (Å²) in [6, 6.07) is 11.8. The van der Waals surface area contributed by atoms with Gasteiger partial charge in [-0.1, -0.05) is 36.0 Å². The van der Waals surface area contributed by atoms with Crippen LogP contribution in [-0.2, 0) is 4.79 Å². The highest BCUT2D eigenvalue weighted by atomic mass is 35.5. The standard InChI is InChI=1S/C22H24Cl2N2O3/c1-15(29-20-11-8-17(23)14-19(20)24)21(27)25-18-9-6-16(7-10-18)22(28)26-12-4-2-3-5-13-26/h6-11,14-15H,2-5,12-13H2,1H3,(H,25,27). The van der Waals surface area contributed by atoms with Crippen LogP contribution in [0.4, 0.5) is 5.69 Å². The Morgan fingerprint density at radius 2 is 1.66 bits per heavy atom. The van der Waals surface area contributed by atoms with Gasteiger partial charge in [0.25, 0.3) is 11.8 Å². The van der Waals surface area contributed by atoms with Crippen LogP contribution in [0.15, 0.2) is 42.5 Å². The predicted molar refractivity (Wildman–Crippen MR) is 116 cm³/mol. The summed E-state index contributed by atoms with van der Waals surface area (Å²) in [6.45, 7) is 3.25. The number of rotatable bonds is 5. The summed E-state index contributed by atoms with van der Waals surface area (Å²) in [4.78, 5) is 27.0. The van der Waals surface area contributed by atoms with Gasteiger partial charge in [-0.25, -0.2) is 0 Å². The van der Waals surface area contributed by atoms with Crippen molar-refractivity contribution in [3.05, 3.63) is 58.1 Å². The van der Waals surface area contributed by atoms with Crippen molar-refractivity contribution in [2.75, 3.05) is 18.4 Å². The van der Waals surface area contributed by atoms with Crippen molar-refractivity contribution < 1.29 is 14.3 Å². The van der Waals surface area contributed by atoms with Gasteiger partial charge < -0.3 is 15.0 Å². The number of ether oxygens (including phenoxy) is 1. The van der Waals surface area contributed by atoms with E-state index in [1.807, 2.05) is 4.90 Å². The SMILES string of the molecule is CC(Oc1ccc(Cl)cc1Cl)C(=O)Nc1ccc(C(=O)N2CCCCCC2)cc1. The molecule has 3 rings (SSSR count). The van der Waals surface area contributed by atoms with Crippen LogP contribution in [0.5, 0.6) is 5.75 Å². The number of carbonyl (C=O) groups excluding carboxylic acids is 2. The fourth-order valence-electron chi connectivity index (χ4n) is 3.21. The van der Waals surface area contributed by atoms with Crippen molar-refractivity contribution in [3.63, 3.8) is 0 Å². The van der Waals surface area contributed by atoms with Crippen molar-refractivity contribution in [2.45, 2.75) is 38.7 Å². The molecule has 2 aromatic rings. The normalized spacial score (nSPS) is 15.3. The molecule has 1 saturated heterocycles. The molecule has 1 N–H and O–H groups in total. The highest BCUT2D eigenvalue weighted by Gasteiger charge is 2.19. The minimum atomic E-state index is -0.757. The molecule has 1 aliphatic heterocycles. The molecule has 2 aromatic carbocycles. The van der Waals surface area contributed by atoms with Gasteiger partial charge in [0, 0.05) is 29.4 Å². The number of nitrogens with zero attached hydrogens (tertiary/aromatic N) is 1. The Morgan fingerprint density at radius 1 is 1.00 bits per heavy atom. The lowest BCUT2D eigenvalue weighted by Crippen LogP contribution is -2.32. The summed E-state index contributed by atoms with van der Waals surface area (Å²) in [7, 11) is 0. The molecule has 0 saturated carbocycles. The number of halogens is 2. The fraction of sp³-hybridized carbons (Fsp3) is 0.364. The number of hydrogen-bond acceptors (Lipinski definition) is 3. The maximum atomic E-state index is 12.6. The Balaban J connectivity index is 1.58. The number of carbonyl (C=O) groups is 2. The van der Waals surface area contributed by atoms with Crippen LogP contribution in [0.25, 0.3) is 0 Å². The predicted octanol–water partition coefficient (Wildman–Crippen LogP) is 5.42. The second-order valence-electron chi connectivity index (χ2n) is 7.11. The molecule has 0 radical (unpaired) electrons. The highest BCUT2D eigenvalue weighted by Crippen LogP contribution is 2.28.